The van der Waals surface area contributed by atoms with E-state index in [1.807, 2.05) is 37.3 Å². The fourth-order valence-corrected chi connectivity index (χ4v) is 3.56. The summed E-state index contributed by atoms with van der Waals surface area (Å²) in [6, 6.07) is 13.1. The minimum atomic E-state index is -0.762. The molecular formula is C22H24O4. The Hall–Kier alpha value is -2.46. The Labute approximate surface area is 153 Å². The van der Waals surface area contributed by atoms with Crippen molar-refractivity contribution in [2.45, 2.75) is 38.5 Å². The number of carbonyl (C=O) groups is 2. The van der Waals surface area contributed by atoms with Crippen LogP contribution in [0, 0.1) is 0 Å². The van der Waals surface area contributed by atoms with Crippen LogP contribution in [0.25, 0.3) is 0 Å². The maximum atomic E-state index is 12.5. The zero-order chi connectivity index (χ0) is 18.7. The third-order valence-corrected chi connectivity index (χ3v) is 5.08. The minimum absolute atomic E-state index is 0.00672. The van der Waals surface area contributed by atoms with Gasteiger partial charge in [-0.05, 0) is 24.1 Å². The molecule has 0 unspecified atom stereocenters. The predicted molar refractivity (Wildman–Crippen MR) is 100 cm³/mol. The number of benzene rings is 2. The van der Waals surface area contributed by atoms with E-state index < -0.39 is 5.41 Å². The number of ether oxygens (including phenoxy) is 1. The van der Waals surface area contributed by atoms with E-state index >= 15 is 0 Å². The molecule has 0 saturated carbocycles. The molecule has 0 saturated heterocycles. The number of carbonyl (C=O) groups excluding carboxylic acids is 2. The Kier molecular flexibility index (Phi) is 5.23. The SMILES string of the molecule is CCCC(=O)c1cc(C(=O)CC)c2c(c1)[C@](CO)(c1ccccc1)CO2. The quantitative estimate of drug-likeness (QED) is 0.767. The molecule has 4 heteroatoms. The Morgan fingerprint density at radius 2 is 1.85 bits per heavy atom. The Morgan fingerprint density at radius 1 is 1.12 bits per heavy atom. The summed E-state index contributed by atoms with van der Waals surface area (Å²) in [4.78, 5) is 25.0. The highest BCUT2D eigenvalue weighted by Gasteiger charge is 2.44. The van der Waals surface area contributed by atoms with Gasteiger partial charge in [0.1, 0.15) is 12.4 Å². The van der Waals surface area contributed by atoms with Gasteiger partial charge in [0.05, 0.1) is 17.6 Å². The van der Waals surface area contributed by atoms with Gasteiger partial charge in [-0.2, -0.15) is 0 Å². The largest absolute Gasteiger partial charge is 0.491 e. The second-order valence-corrected chi connectivity index (χ2v) is 6.75. The number of hydrogen-bond acceptors (Lipinski definition) is 4. The fourth-order valence-electron chi connectivity index (χ4n) is 3.56. The second kappa shape index (κ2) is 7.42. The maximum absolute atomic E-state index is 12.5. The van der Waals surface area contributed by atoms with Gasteiger partial charge in [0.2, 0.25) is 0 Å². The third-order valence-electron chi connectivity index (χ3n) is 5.08. The van der Waals surface area contributed by atoms with Crippen molar-refractivity contribution in [2.75, 3.05) is 13.2 Å². The first-order chi connectivity index (χ1) is 12.6. The lowest BCUT2D eigenvalue weighted by atomic mass is 9.75. The van der Waals surface area contributed by atoms with Gasteiger partial charge in [0.25, 0.3) is 0 Å². The van der Waals surface area contributed by atoms with Gasteiger partial charge in [-0.15, -0.1) is 0 Å². The lowest BCUT2D eigenvalue weighted by molar-refractivity contribution is 0.0981. The zero-order valence-electron chi connectivity index (χ0n) is 15.2. The highest BCUT2D eigenvalue weighted by Crippen LogP contribution is 2.46. The van der Waals surface area contributed by atoms with Crippen LogP contribution < -0.4 is 4.74 Å². The van der Waals surface area contributed by atoms with Gasteiger partial charge in [-0.1, -0.05) is 44.2 Å². The number of rotatable bonds is 7. The summed E-state index contributed by atoms with van der Waals surface area (Å²) in [6.07, 6.45) is 1.50. The topological polar surface area (TPSA) is 63.6 Å². The average molecular weight is 352 g/mol. The molecule has 0 bridgehead atoms. The molecule has 0 amide bonds. The van der Waals surface area contributed by atoms with Crippen molar-refractivity contribution in [3.05, 3.63) is 64.7 Å². The number of aliphatic hydroxyl groups is 1. The van der Waals surface area contributed by atoms with Gasteiger partial charge in [0, 0.05) is 24.0 Å². The third kappa shape index (κ3) is 2.95. The first kappa shape index (κ1) is 18.3. The van der Waals surface area contributed by atoms with E-state index in [-0.39, 0.29) is 24.8 Å². The molecule has 136 valence electrons. The Balaban J connectivity index is 2.23. The monoisotopic (exact) mass is 352 g/mol. The van der Waals surface area contributed by atoms with Gasteiger partial charge >= 0.3 is 0 Å². The van der Waals surface area contributed by atoms with Crippen molar-refractivity contribution in [3.63, 3.8) is 0 Å². The lowest BCUT2D eigenvalue weighted by Gasteiger charge is -2.26. The number of fused-ring (bicyclic) bond motifs is 1. The number of Topliss-reactive ketones (excluding diaryl/α,β-unsaturated/α-hetero) is 2. The predicted octanol–water partition coefficient (Wildman–Crippen LogP) is 3.93. The average Bonchev–Trinajstić information content (AvgIpc) is 3.07. The van der Waals surface area contributed by atoms with Crippen LogP contribution >= 0.6 is 0 Å². The molecule has 0 aromatic heterocycles. The van der Waals surface area contributed by atoms with Crippen molar-refractivity contribution in [3.8, 4) is 5.75 Å². The summed E-state index contributed by atoms with van der Waals surface area (Å²) in [6.45, 7) is 3.84. The molecule has 0 aliphatic carbocycles. The van der Waals surface area contributed by atoms with E-state index in [2.05, 4.69) is 0 Å². The molecule has 0 spiro atoms. The molecule has 0 fully saturated rings. The van der Waals surface area contributed by atoms with Crippen LogP contribution in [0.3, 0.4) is 0 Å². The maximum Gasteiger partial charge on any atom is 0.166 e. The normalized spacial score (nSPS) is 18.3. The van der Waals surface area contributed by atoms with E-state index in [1.54, 1.807) is 19.1 Å². The van der Waals surface area contributed by atoms with Crippen LogP contribution in [-0.4, -0.2) is 29.9 Å². The van der Waals surface area contributed by atoms with E-state index in [0.29, 0.717) is 29.7 Å². The van der Waals surface area contributed by atoms with E-state index in [4.69, 9.17) is 4.74 Å². The van der Waals surface area contributed by atoms with Crippen LogP contribution in [0.5, 0.6) is 5.75 Å². The van der Waals surface area contributed by atoms with Crippen molar-refractivity contribution >= 4 is 11.6 Å². The van der Waals surface area contributed by atoms with E-state index in [0.717, 1.165) is 17.5 Å². The number of hydrogen-bond donors (Lipinski definition) is 1. The number of ketones is 2. The van der Waals surface area contributed by atoms with Gasteiger partial charge < -0.3 is 9.84 Å². The molecule has 4 nitrogen and oxygen atoms in total. The number of aliphatic hydroxyl groups excluding tert-OH is 1. The smallest absolute Gasteiger partial charge is 0.166 e. The lowest BCUT2D eigenvalue weighted by Crippen LogP contribution is -2.33. The summed E-state index contributed by atoms with van der Waals surface area (Å²) >= 11 is 0. The zero-order valence-corrected chi connectivity index (χ0v) is 15.2. The molecule has 2 aromatic rings. The van der Waals surface area contributed by atoms with Crippen LogP contribution in [0.1, 0.15) is 65.0 Å². The molecular weight excluding hydrogens is 328 g/mol. The molecule has 2 aromatic carbocycles. The Bertz CT molecular complexity index is 826. The van der Waals surface area contributed by atoms with Crippen LogP contribution in [0.15, 0.2) is 42.5 Å². The van der Waals surface area contributed by atoms with Crippen molar-refractivity contribution in [1.29, 1.82) is 0 Å². The molecule has 1 N–H and O–H groups in total. The summed E-state index contributed by atoms with van der Waals surface area (Å²) in [5.41, 5.74) is 1.83. The van der Waals surface area contributed by atoms with Crippen molar-refractivity contribution in [1.82, 2.24) is 0 Å². The Morgan fingerprint density at radius 3 is 2.46 bits per heavy atom. The first-order valence-corrected chi connectivity index (χ1v) is 9.11. The van der Waals surface area contributed by atoms with Crippen LogP contribution in [-0.2, 0) is 5.41 Å². The van der Waals surface area contributed by atoms with Crippen LogP contribution in [0.2, 0.25) is 0 Å². The first-order valence-electron chi connectivity index (χ1n) is 9.11. The second-order valence-electron chi connectivity index (χ2n) is 6.75. The molecule has 3 rings (SSSR count). The molecule has 26 heavy (non-hydrogen) atoms. The minimum Gasteiger partial charge on any atom is -0.491 e. The van der Waals surface area contributed by atoms with Gasteiger partial charge in [-0.3, -0.25) is 9.59 Å². The molecule has 1 aliphatic heterocycles. The van der Waals surface area contributed by atoms with E-state index in [1.165, 1.54) is 0 Å². The molecule has 1 heterocycles. The standard InChI is InChI=1S/C22H24O4/c1-3-8-20(25)15-11-17(19(24)4-2)21-18(12-15)22(13-23,14-26-21)16-9-6-5-7-10-16/h5-7,9-12,23H,3-4,8,13-14H2,1-2H3/t22-/m0/s1. The summed E-state index contributed by atoms with van der Waals surface area (Å²) < 4.78 is 5.92. The van der Waals surface area contributed by atoms with Crippen molar-refractivity contribution in [2.24, 2.45) is 0 Å². The van der Waals surface area contributed by atoms with E-state index in [9.17, 15) is 14.7 Å². The molecule has 1 atom stereocenters. The summed E-state index contributed by atoms with van der Waals surface area (Å²) in [5, 5.41) is 10.3. The highest BCUT2D eigenvalue weighted by molar-refractivity contribution is 6.04. The molecule has 0 radical (unpaired) electrons. The molecule has 1 aliphatic rings. The highest BCUT2D eigenvalue weighted by atomic mass is 16.5. The van der Waals surface area contributed by atoms with Gasteiger partial charge in [-0.25, -0.2) is 0 Å². The summed E-state index contributed by atoms with van der Waals surface area (Å²) in [7, 11) is 0. The fraction of sp³-hybridized carbons (Fsp3) is 0.364. The van der Waals surface area contributed by atoms with Crippen molar-refractivity contribution < 1.29 is 19.4 Å². The summed E-state index contributed by atoms with van der Waals surface area (Å²) in [5.74, 6) is 0.448. The van der Waals surface area contributed by atoms with Crippen LogP contribution in [0.4, 0.5) is 0 Å². The van der Waals surface area contributed by atoms with Gasteiger partial charge in [0.15, 0.2) is 11.6 Å².